The summed E-state index contributed by atoms with van der Waals surface area (Å²) >= 11 is 0. The number of benzene rings is 2. The summed E-state index contributed by atoms with van der Waals surface area (Å²) in [5.41, 5.74) is 3.60. The Hall–Kier alpha value is -3.08. The topological polar surface area (TPSA) is 67.0 Å². The number of imidazole rings is 1. The fraction of sp³-hybridized carbons (Fsp3) is 0.158. The average Bonchev–Trinajstić information content (AvgIpc) is 3.01. The molecule has 0 fully saturated rings. The minimum absolute atomic E-state index is 0.0295. The van der Waals surface area contributed by atoms with Crippen LogP contribution in [0.4, 0.5) is 5.69 Å². The fourth-order valence-electron chi connectivity index (χ4n) is 2.39. The highest BCUT2D eigenvalue weighted by molar-refractivity contribution is 5.92. The van der Waals surface area contributed by atoms with Gasteiger partial charge in [0.15, 0.2) is 6.61 Å². The largest absolute Gasteiger partial charge is 0.483 e. The second-order valence-electron chi connectivity index (χ2n) is 5.57. The number of nitrogens with zero attached hydrogens (tertiary/aromatic N) is 1. The summed E-state index contributed by atoms with van der Waals surface area (Å²) in [6.45, 7) is 3.82. The van der Waals surface area contributed by atoms with Crippen LogP contribution in [0.3, 0.4) is 0 Å². The monoisotopic (exact) mass is 321 g/mol. The number of aromatic amines is 1. The molecular weight excluding hydrogens is 302 g/mol. The smallest absolute Gasteiger partial charge is 0.262 e. The molecule has 122 valence electrons. The SMILES string of the molecule is Cc1ncc(-c2cccc(NC(=O)COc3ccccc3C)c2)[nH]1. The summed E-state index contributed by atoms with van der Waals surface area (Å²) < 4.78 is 5.56. The Morgan fingerprint density at radius 2 is 2.00 bits per heavy atom. The number of aryl methyl sites for hydroxylation is 2. The lowest BCUT2D eigenvalue weighted by atomic mass is 10.1. The highest BCUT2D eigenvalue weighted by atomic mass is 16.5. The predicted octanol–water partition coefficient (Wildman–Crippen LogP) is 3.71. The molecule has 2 N–H and O–H groups in total. The van der Waals surface area contributed by atoms with E-state index in [2.05, 4.69) is 15.3 Å². The first-order valence-electron chi connectivity index (χ1n) is 7.72. The number of para-hydroxylation sites is 1. The molecule has 5 nitrogen and oxygen atoms in total. The van der Waals surface area contributed by atoms with Crippen LogP contribution < -0.4 is 10.1 Å². The molecule has 0 bridgehead atoms. The van der Waals surface area contributed by atoms with Crippen LogP contribution in [0.25, 0.3) is 11.3 Å². The van der Waals surface area contributed by atoms with E-state index < -0.39 is 0 Å². The van der Waals surface area contributed by atoms with Crippen molar-refractivity contribution in [2.24, 2.45) is 0 Å². The highest BCUT2D eigenvalue weighted by Gasteiger charge is 2.07. The van der Waals surface area contributed by atoms with Gasteiger partial charge in [-0.15, -0.1) is 0 Å². The molecular formula is C19H19N3O2. The highest BCUT2D eigenvalue weighted by Crippen LogP contribution is 2.21. The molecule has 0 saturated heterocycles. The first-order valence-corrected chi connectivity index (χ1v) is 7.72. The number of amides is 1. The van der Waals surface area contributed by atoms with E-state index in [0.29, 0.717) is 5.75 Å². The van der Waals surface area contributed by atoms with E-state index in [9.17, 15) is 4.79 Å². The predicted molar refractivity (Wildman–Crippen MR) is 94.1 cm³/mol. The van der Waals surface area contributed by atoms with Crippen molar-refractivity contribution in [3.63, 3.8) is 0 Å². The lowest BCUT2D eigenvalue weighted by molar-refractivity contribution is -0.118. The normalized spacial score (nSPS) is 10.4. The van der Waals surface area contributed by atoms with Crippen LogP contribution in [-0.4, -0.2) is 22.5 Å². The number of ether oxygens (including phenoxy) is 1. The number of carbonyl (C=O) groups excluding carboxylic acids is 1. The lowest BCUT2D eigenvalue weighted by Crippen LogP contribution is -2.20. The van der Waals surface area contributed by atoms with Gasteiger partial charge >= 0.3 is 0 Å². The molecule has 0 aliphatic rings. The molecule has 24 heavy (non-hydrogen) atoms. The number of hydrogen-bond donors (Lipinski definition) is 2. The zero-order chi connectivity index (χ0) is 16.9. The number of anilines is 1. The fourth-order valence-corrected chi connectivity index (χ4v) is 2.39. The number of rotatable bonds is 5. The van der Waals surface area contributed by atoms with Crippen LogP contribution in [0.15, 0.2) is 54.7 Å². The number of hydrogen-bond acceptors (Lipinski definition) is 3. The van der Waals surface area contributed by atoms with E-state index in [4.69, 9.17) is 4.74 Å². The van der Waals surface area contributed by atoms with Crippen molar-refractivity contribution in [3.8, 4) is 17.0 Å². The Morgan fingerprint density at radius 3 is 2.75 bits per heavy atom. The van der Waals surface area contributed by atoms with Crippen molar-refractivity contribution in [2.75, 3.05) is 11.9 Å². The Kier molecular flexibility index (Phi) is 4.61. The molecule has 0 aliphatic heterocycles. The minimum Gasteiger partial charge on any atom is -0.483 e. The Labute approximate surface area is 140 Å². The van der Waals surface area contributed by atoms with E-state index in [1.54, 1.807) is 6.20 Å². The molecule has 0 radical (unpaired) electrons. The van der Waals surface area contributed by atoms with Crippen molar-refractivity contribution in [2.45, 2.75) is 13.8 Å². The molecule has 1 heterocycles. The van der Waals surface area contributed by atoms with Crippen LogP contribution in [0.2, 0.25) is 0 Å². The van der Waals surface area contributed by atoms with Gasteiger partial charge in [-0.3, -0.25) is 4.79 Å². The molecule has 1 aromatic heterocycles. The zero-order valence-corrected chi connectivity index (χ0v) is 13.7. The maximum atomic E-state index is 12.1. The summed E-state index contributed by atoms with van der Waals surface area (Å²) in [6, 6.07) is 15.2. The summed E-state index contributed by atoms with van der Waals surface area (Å²) in [6.07, 6.45) is 1.78. The van der Waals surface area contributed by atoms with Gasteiger partial charge in [-0.2, -0.15) is 0 Å². The summed E-state index contributed by atoms with van der Waals surface area (Å²) in [7, 11) is 0. The molecule has 0 unspecified atom stereocenters. The van der Waals surface area contributed by atoms with Crippen LogP contribution in [0.5, 0.6) is 5.75 Å². The first-order chi connectivity index (χ1) is 11.6. The van der Waals surface area contributed by atoms with Gasteiger partial charge in [0.2, 0.25) is 0 Å². The van der Waals surface area contributed by atoms with Crippen molar-refractivity contribution >= 4 is 11.6 Å². The molecule has 0 atom stereocenters. The quantitative estimate of drug-likeness (QED) is 0.753. The Morgan fingerprint density at radius 1 is 1.17 bits per heavy atom. The standard InChI is InChI=1S/C19H19N3O2/c1-13-6-3-4-9-18(13)24-12-19(23)22-16-8-5-7-15(10-16)17-11-20-14(2)21-17/h3-11H,12H2,1-2H3,(H,20,21)(H,22,23). The van der Waals surface area contributed by atoms with Gasteiger partial charge in [0, 0.05) is 11.3 Å². The van der Waals surface area contributed by atoms with Crippen molar-refractivity contribution < 1.29 is 9.53 Å². The molecule has 1 amide bonds. The van der Waals surface area contributed by atoms with E-state index in [1.807, 2.05) is 62.4 Å². The van der Waals surface area contributed by atoms with Gasteiger partial charge in [-0.1, -0.05) is 30.3 Å². The Bertz CT molecular complexity index is 855. The van der Waals surface area contributed by atoms with E-state index >= 15 is 0 Å². The van der Waals surface area contributed by atoms with Crippen LogP contribution in [0.1, 0.15) is 11.4 Å². The number of nitrogens with one attached hydrogen (secondary N) is 2. The third kappa shape index (κ3) is 3.81. The minimum atomic E-state index is -0.198. The average molecular weight is 321 g/mol. The van der Waals surface area contributed by atoms with Crippen molar-refractivity contribution in [3.05, 3.63) is 66.1 Å². The van der Waals surface area contributed by atoms with E-state index in [-0.39, 0.29) is 12.5 Å². The summed E-state index contributed by atoms with van der Waals surface area (Å²) in [4.78, 5) is 19.5. The second-order valence-corrected chi connectivity index (χ2v) is 5.57. The van der Waals surface area contributed by atoms with E-state index in [0.717, 1.165) is 28.3 Å². The van der Waals surface area contributed by atoms with Crippen LogP contribution in [-0.2, 0) is 4.79 Å². The number of H-pyrrole nitrogens is 1. The molecule has 3 aromatic rings. The van der Waals surface area contributed by atoms with Crippen molar-refractivity contribution in [1.82, 2.24) is 9.97 Å². The summed E-state index contributed by atoms with van der Waals surface area (Å²) in [5, 5.41) is 2.85. The second kappa shape index (κ2) is 7.00. The molecule has 3 rings (SSSR count). The van der Waals surface area contributed by atoms with Crippen LogP contribution >= 0.6 is 0 Å². The molecule has 5 heteroatoms. The molecule has 0 saturated carbocycles. The van der Waals surface area contributed by atoms with E-state index in [1.165, 1.54) is 0 Å². The lowest BCUT2D eigenvalue weighted by Gasteiger charge is -2.10. The zero-order valence-electron chi connectivity index (χ0n) is 13.7. The van der Waals surface area contributed by atoms with Gasteiger partial charge in [0.25, 0.3) is 5.91 Å². The van der Waals surface area contributed by atoms with Gasteiger partial charge < -0.3 is 15.0 Å². The maximum absolute atomic E-state index is 12.1. The van der Waals surface area contributed by atoms with Crippen molar-refractivity contribution in [1.29, 1.82) is 0 Å². The van der Waals surface area contributed by atoms with Gasteiger partial charge in [-0.25, -0.2) is 4.98 Å². The number of carbonyl (C=O) groups is 1. The first kappa shape index (κ1) is 15.8. The number of aromatic nitrogens is 2. The molecule has 2 aromatic carbocycles. The molecule has 0 spiro atoms. The Balaban J connectivity index is 1.63. The third-order valence-corrected chi connectivity index (χ3v) is 3.61. The third-order valence-electron chi connectivity index (χ3n) is 3.61. The van der Waals surface area contributed by atoms with Gasteiger partial charge in [0.1, 0.15) is 11.6 Å². The van der Waals surface area contributed by atoms with Gasteiger partial charge in [0.05, 0.1) is 11.9 Å². The summed E-state index contributed by atoms with van der Waals surface area (Å²) in [5.74, 6) is 1.37. The van der Waals surface area contributed by atoms with Crippen LogP contribution in [0, 0.1) is 13.8 Å². The maximum Gasteiger partial charge on any atom is 0.262 e. The molecule has 0 aliphatic carbocycles. The van der Waals surface area contributed by atoms with Gasteiger partial charge in [-0.05, 0) is 37.6 Å².